The van der Waals surface area contributed by atoms with Crippen molar-refractivity contribution in [3.8, 4) is 0 Å². The molecule has 156 valence electrons. The second kappa shape index (κ2) is 10.2. The SMILES string of the molecule is C=CCN1C(=O)C(Cc2ccc(Cl)c(Cl)c2)SC1=NN=Cc1ccc(N(C)C)cc1. The maximum atomic E-state index is 12.9. The number of thioether (sulfide) groups is 1. The first-order chi connectivity index (χ1) is 14.4. The Morgan fingerprint density at radius 1 is 1.17 bits per heavy atom. The molecule has 1 saturated heterocycles. The van der Waals surface area contributed by atoms with Gasteiger partial charge in [-0.3, -0.25) is 9.69 Å². The number of carbonyl (C=O) groups is 1. The Kier molecular flexibility index (Phi) is 7.58. The monoisotopic (exact) mass is 460 g/mol. The van der Waals surface area contributed by atoms with E-state index in [1.54, 1.807) is 29.3 Å². The molecule has 2 aromatic carbocycles. The van der Waals surface area contributed by atoms with Crippen LogP contribution in [0.15, 0.2) is 65.3 Å². The summed E-state index contributed by atoms with van der Waals surface area (Å²) in [6, 6.07) is 13.4. The Balaban J connectivity index is 1.74. The number of rotatable bonds is 7. The molecule has 1 amide bonds. The number of benzene rings is 2. The van der Waals surface area contributed by atoms with Crippen molar-refractivity contribution in [3.05, 3.63) is 76.3 Å². The van der Waals surface area contributed by atoms with Crippen LogP contribution in [0.5, 0.6) is 0 Å². The molecule has 1 fully saturated rings. The molecule has 0 aliphatic carbocycles. The van der Waals surface area contributed by atoms with Crippen LogP contribution in [-0.4, -0.2) is 48.1 Å². The normalized spacial score (nSPS) is 17.9. The molecule has 3 rings (SSSR count). The molecule has 1 heterocycles. The first-order valence-electron chi connectivity index (χ1n) is 9.30. The van der Waals surface area contributed by atoms with E-state index in [1.807, 2.05) is 49.3 Å². The first kappa shape index (κ1) is 22.4. The molecule has 1 unspecified atom stereocenters. The predicted octanol–water partition coefficient (Wildman–Crippen LogP) is 5.12. The van der Waals surface area contributed by atoms with Gasteiger partial charge in [0.2, 0.25) is 5.91 Å². The molecular formula is C22H22Cl2N4OS. The van der Waals surface area contributed by atoms with Crippen molar-refractivity contribution < 1.29 is 4.79 Å². The molecule has 1 aliphatic heterocycles. The van der Waals surface area contributed by atoms with E-state index in [1.165, 1.54) is 11.8 Å². The van der Waals surface area contributed by atoms with Crippen LogP contribution in [0.25, 0.3) is 0 Å². The third-order valence-electron chi connectivity index (χ3n) is 4.50. The van der Waals surface area contributed by atoms with Crippen molar-refractivity contribution in [1.29, 1.82) is 0 Å². The van der Waals surface area contributed by atoms with Crippen LogP contribution in [0.4, 0.5) is 5.69 Å². The van der Waals surface area contributed by atoms with Crippen molar-refractivity contribution in [2.75, 3.05) is 25.5 Å². The van der Waals surface area contributed by atoms with Gasteiger partial charge in [-0.15, -0.1) is 11.7 Å². The number of anilines is 1. The molecule has 1 aliphatic rings. The average Bonchev–Trinajstić information content (AvgIpc) is 3.00. The molecule has 30 heavy (non-hydrogen) atoms. The highest BCUT2D eigenvalue weighted by atomic mass is 35.5. The van der Waals surface area contributed by atoms with E-state index in [0.29, 0.717) is 28.2 Å². The molecule has 0 spiro atoms. The summed E-state index contributed by atoms with van der Waals surface area (Å²) < 4.78 is 0. The molecule has 1 atom stereocenters. The number of amides is 1. The fourth-order valence-electron chi connectivity index (χ4n) is 2.90. The van der Waals surface area contributed by atoms with E-state index in [4.69, 9.17) is 23.2 Å². The van der Waals surface area contributed by atoms with Crippen LogP contribution in [0.3, 0.4) is 0 Å². The second-order valence-corrected chi connectivity index (χ2v) is 8.89. The quantitative estimate of drug-likeness (QED) is 0.327. The lowest BCUT2D eigenvalue weighted by Gasteiger charge is -2.13. The maximum Gasteiger partial charge on any atom is 0.242 e. The summed E-state index contributed by atoms with van der Waals surface area (Å²) in [5, 5.41) is 9.73. The largest absolute Gasteiger partial charge is 0.378 e. The first-order valence-corrected chi connectivity index (χ1v) is 10.9. The van der Waals surface area contributed by atoms with Gasteiger partial charge in [0, 0.05) is 26.3 Å². The number of nitrogens with zero attached hydrogens (tertiary/aromatic N) is 4. The van der Waals surface area contributed by atoms with Gasteiger partial charge in [0.1, 0.15) is 0 Å². The van der Waals surface area contributed by atoms with Crippen LogP contribution in [-0.2, 0) is 11.2 Å². The van der Waals surface area contributed by atoms with Crippen molar-refractivity contribution in [2.45, 2.75) is 11.7 Å². The fourth-order valence-corrected chi connectivity index (χ4v) is 4.36. The van der Waals surface area contributed by atoms with Crippen LogP contribution >= 0.6 is 35.0 Å². The van der Waals surface area contributed by atoms with E-state index in [2.05, 4.69) is 16.8 Å². The van der Waals surface area contributed by atoms with E-state index < -0.39 is 0 Å². The van der Waals surface area contributed by atoms with Gasteiger partial charge < -0.3 is 4.90 Å². The molecule has 8 heteroatoms. The standard InChI is InChI=1S/C22H22Cl2N4OS/c1-4-11-28-21(29)20(13-16-7-10-18(23)19(24)12-16)30-22(28)26-25-14-15-5-8-17(9-6-15)27(2)3/h4-10,12,14,20H,1,11,13H2,2-3H3. The lowest BCUT2D eigenvalue weighted by molar-refractivity contribution is -0.125. The summed E-state index contributed by atoms with van der Waals surface area (Å²) in [5.41, 5.74) is 2.99. The number of carbonyl (C=O) groups excluding carboxylic acids is 1. The smallest absolute Gasteiger partial charge is 0.242 e. The van der Waals surface area contributed by atoms with Crippen molar-refractivity contribution in [2.24, 2.45) is 10.2 Å². The van der Waals surface area contributed by atoms with Gasteiger partial charge in [0.25, 0.3) is 0 Å². The molecule has 0 saturated carbocycles. The van der Waals surface area contributed by atoms with Crippen LogP contribution in [0, 0.1) is 0 Å². The van der Waals surface area contributed by atoms with Gasteiger partial charge in [-0.05, 0) is 41.8 Å². The molecule has 0 N–H and O–H groups in total. The highest BCUT2D eigenvalue weighted by Crippen LogP contribution is 2.31. The Morgan fingerprint density at radius 2 is 1.90 bits per heavy atom. The summed E-state index contributed by atoms with van der Waals surface area (Å²) in [6.07, 6.45) is 3.89. The van der Waals surface area contributed by atoms with Crippen molar-refractivity contribution in [3.63, 3.8) is 0 Å². The lowest BCUT2D eigenvalue weighted by atomic mass is 10.1. The Bertz CT molecular complexity index is 989. The Morgan fingerprint density at radius 3 is 2.53 bits per heavy atom. The van der Waals surface area contributed by atoms with Gasteiger partial charge in [0.05, 0.1) is 21.5 Å². The lowest BCUT2D eigenvalue weighted by Crippen LogP contribution is -2.32. The zero-order valence-corrected chi connectivity index (χ0v) is 19.1. The van der Waals surface area contributed by atoms with Crippen LogP contribution < -0.4 is 4.90 Å². The Labute approximate surface area is 191 Å². The zero-order valence-electron chi connectivity index (χ0n) is 16.8. The molecular weight excluding hydrogens is 439 g/mol. The van der Waals surface area contributed by atoms with Gasteiger partial charge in [-0.25, -0.2) is 0 Å². The minimum absolute atomic E-state index is 0.0183. The Hall–Kier alpha value is -2.28. The molecule has 0 aromatic heterocycles. The van der Waals surface area contributed by atoms with Crippen LogP contribution in [0.1, 0.15) is 11.1 Å². The van der Waals surface area contributed by atoms with E-state index >= 15 is 0 Å². The van der Waals surface area contributed by atoms with Gasteiger partial charge in [-0.2, -0.15) is 5.10 Å². The average molecular weight is 461 g/mol. The summed E-state index contributed by atoms with van der Waals surface area (Å²) in [7, 11) is 3.98. The summed E-state index contributed by atoms with van der Waals surface area (Å²) in [5.74, 6) is -0.0183. The summed E-state index contributed by atoms with van der Waals surface area (Å²) in [6.45, 7) is 4.13. The number of halogens is 2. The summed E-state index contributed by atoms with van der Waals surface area (Å²) in [4.78, 5) is 16.5. The molecule has 0 bridgehead atoms. The number of hydrogen-bond acceptors (Lipinski definition) is 5. The van der Waals surface area contributed by atoms with Gasteiger partial charge in [0.15, 0.2) is 5.17 Å². The predicted molar refractivity (Wildman–Crippen MR) is 129 cm³/mol. The zero-order chi connectivity index (χ0) is 21.7. The highest BCUT2D eigenvalue weighted by molar-refractivity contribution is 8.15. The van der Waals surface area contributed by atoms with Gasteiger partial charge in [-0.1, -0.05) is 59.2 Å². The molecule has 2 aromatic rings. The van der Waals surface area contributed by atoms with Crippen molar-refractivity contribution >= 4 is 57.9 Å². The fraction of sp³-hybridized carbons (Fsp3) is 0.227. The minimum Gasteiger partial charge on any atom is -0.378 e. The third-order valence-corrected chi connectivity index (χ3v) is 6.40. The number of hydrogen-bond donors (Lipinski definition) is 0. The molecule has 5 nitrogen and oxygen atoms in total. The summed E-state index contributed by atoms with van der Waals surface area (Å²) >= 11 is 13.5. The van der Waals surface area contributed by atoms with E-state index in [0.717, 1.165) is 16.8 Å². The van der Waals surface area contributed by atoms with E-state index in [-0.39, 0.29) is 11.2 Å². The number of amidine groups is 1. The minimum atomic E-state index is -0.296. The second-order valence-electron chi connectivity index (χ2n) is 6.91. The molecule has 0 radical (unpaired) electrons. The third kappa shape index (κ3) is 5.45. The topological polar surface area (TPSA) is 48.3 Å². The van der Waals surface area contributed by atoms with Gasteiger partial charge >= 0.3 is 0 Å². The maximum absolute atomic E-state index is 12.9. The van der Waals surface area contributed by atoms with Crippen LogP contribution in [0.2, 0.25) is 10.0 Å². The van der Waals surface area contributed by atoms with Crippen molar-refractivity contribution in [1.82, 2.24) is 4.90 Å². The highest BCUT2D eigenvalue weighted by Gasteiger charge is 2.37. The van der Waals surface area contributed by atoms with E-state index in [9.17, 15) is 4.79 Å².